The predicted octanol–water partition coefficient (Wildman–Crippen LogP) is 2.86. The molecule has 0 radical (unpaired) electrons. The van der Waals surface area contributed by atoms with E-state index in [9.17, 15) is 13.6 Å². The lowest BCUT2D eigenvalue weighted by atomic mass is 9.95. The molecule has 0 aromatic heterocycles. The van der Waals surface area contributed by atoms with Crippen LogP contribution in [0, 0.1) is 11.6 Å². The summed E-state index contributed by atoms with van der Waals surface area (Å²) in [7, 11) is 0. The number of aliphatic carboxylic acids is 1. The summed E-state index contributed by atoms with van der Waals surface area (Å²) in [4.78, 5) is 11.1. The molecule has 0 heterocycles. The Morgan fingerprint density at radius 1 is 1.31 bits per heavy atom. The zero-order chi connectivity index (χ0) is 12.1. The fourth-order valence-corrected chi connectivity index (χ4v) is 2.56. The van der Waals surface area contributed by atoms with Crippen LogP contribution < -0.4 is 0 Å². The molecule has 0 saturated heterocycles. The molecule has 1 saturated carbocycles. The Balaban J connectivity index is 2.64. The molecular weight excluding hydrogens is 261 g/mol. The molecule has 1 aromatic carbocycles. The van der Waals surface area contributed by atoms with Crippen molar-refractivity contribution >= 4 is 29.2 Å². The van der Waals surface area contributed by atoms with Crippen molar-refractivity contribution in [3.63, 3.8) is 0 Å². The van der Waals surface area contributed by atoms with Crippen LogP contribution in [0.4, 0.5) is 8.78 Å². The standard InChI is InChI=1S/C10H6Cl2F2O2/c11-10(12)4-9(10,8(15)16)7-5(13)2-1-3-6(7)14/h1-3H,4H2,(H,15,16). The van der Waals surface area contributed by atoms with Gasteiger partial charge in [0.25, 0.3) is 0 Å². The van der Waals surface area contributed by atoms with Gasteiger partial charge in [-0.3, -0.25) is 4.79 Å². The summed E-state index contributed by atoms with van der Waals surface area (Å²) < 4.78 is 25.3. The van der Waals surface area contributed by atoms with Crippen LogP contribution in [0.1, 0.15) is 12.0 Å². The molecule has 1 unspecified atom stereocenters. The van der Waals surface area contributed by atoms with Crippen molar-refractivity contribution in [2.75, 3.05) is 0 Å². The summed E-state index contributed by atoms with van der Waals surface area (Å²) in [6.07, 6.45) is -0.212. The van der Waals surface area contributed by atoms with E-state index in [1.165, 1.54) is 0 Å². The Labute approximate surface area is 99.8 Å². The minimum Gasteiger partial charge on any atom is -0.480 e. The topological polar surface area (TPSA) is 37.3 Å². The third-order valence-corrected chi connectivity index (χ3v) is 3.65. The first-order valence-electron chi connectivity index (χ1n) is 4.38. The molecule has 0 aliphatic heterocycles. The summed E-state index contributed by atoms with van der Waals surface area (Å²) in [5.74, 6) is -3.34. The van der Waals surface area contributed by atoms with Crippen molar-refractivity contribution < 1.29 is 18.7 Å². The maximum Gasteiger partial charge on any atom is 0.317 e. The van der Waals surface area contributed by atoms with E-state index in [1.807, 2.05) is 0 Å². The summed E-state index contributed by atoms with van der Waals surface area (Å²) in [6.45, 7) is 0. The van der Waals surface area contributed by atoms with Crippen LogP contribution in [-0.2, 0) is 10.2 Å². The molecule has 2 nitrogen and oxygen atoms in total. The molecule has 1 aliphatic rings. The van der Waals surface area contributed by atoms with Gasteiger partial charge in [-0.05, 0) is 12.1 Å². The summed E-state index contributed by atoms with van der Waals surface area (Å²) in [5, 5.41) is 9.04. The van der Waals surface area contributed by atoms with Crippen LogP contribution in [0.25, 0.3) is 0 Å². The van der Waals surface area contributed by atoms with Gasteiger partial charge in [0.2, 0.25) is 0 Å². The predicted molar refractivity (Wildman–Crippen MR) is 54.7 cm³/mol. The summed E-state index contributed by atoms with van der Waals surface area (Å²) in [5.41, 5.74) is -2.46. The van der Waals surface area contributed by atoms with Gasteiger partial charge in [0.05, 0.1) is 0 Å². The second-order valence-corrected chi connectivity index (χ2v) is 5.17. The van der Waals surface area contributed by atoms with Crippen LogP contribution in [-0.4, -0.2) is 15.4 Å². The minimum absolute atomic E-state index is 0.212. The van der Waals surface area contributed by atoms with E-state index in [-0.39, 0.29) is 6.42 Å². The second kappa shape index (κ2) is 3.31. The number of hydrogen-bond donors (Lipinski definition) is 1. The normalized spacial score (nSPS) is 26.5. The van der Waals surface area contributed by atoms with Gasteiger partial charge in [0, 0.05) is 12.0 Å². The first-order chi connectivity index (χ1) is 7.33. The Hall–Kier alpha value is -0.870. The first-order valence-corrected chi connectivity index (χ1v) is 5.14. The highest BCUT2D eigenvalue weighted by atomic mass is 35.5. The fourth-order valence-electron chi connectivity index (χ4n) is 1.80. The van der Waals surface area contributed by atoms with Crippen molar-refractivity contribution in [2.45, 2.75) is 16.2 Å². The molecule has 16 heavy (non-hydrogen) atoms. The SMILES string of the molecule is O=C(O)C1(c2c(F)cccc2F)CC1(Cl)Cl. The van der Waals surface area contributed by atoms with Gasteiger partial charge in [-0.25, -0.2) is 8.78 Å². The van der Waals surface area contributed by atoms with Crippen molar-refractivity contribution in [1.29, 1.82) is 0 Å². The number of hydrogen-bond acceptors (Lipinski definition) is 1. The molecule has 1 aliphatic carbocycles. The number of alkyl halides is 2. The van der Waals surface area contributed by atoms with Crippen molar-refractivity contribution in [1.82, 2.24) is 0 Å². The Morgan fingerprint density at radius 2 is 1.75 bits per heavy atom. The van der Waals surface area contributed by atoms with Crippen molar-refractivity contribution in [3.05, 3.63) is 35.4 Å². The largest absolute Gasteiger partial charge is 0.480 e. The van der Waals surface area contributed by atoms with E-state index in [1.54, 1.807) is 0 Å². The van der Waals surface area contributed by atoms with E-state index >= 15 is 0 Å². The minimum atomic E-state index is -1.88. The molecular formula is C10H6Cl2F2O2. The van der Waals surface area contributed by atoms with Gasteiger partial charge in [-0.1, -0.05) is 29.3 Å². The summed E-state index contributed by atoms with van der Waals surface area (Å²) >= 11 is 11.4. The Morgan fingerprint density at radius 3 is 2.06 bits per heavy atom. The van der Waals surface area contributed by atoms with Crippen LogP contribution in [0.15, 0.2) is 18.2 Å². The van der Waals surface area contributed by atoms with Gasteiger partial charge in [0.1, 0.15) is 21.4 Å². The van der Waals surface area contributed by atoms with Gasteiger partial charge in [0.15, 0.2) is 0 Å². The van der Waals surface area contributed by atoms with E-state index in [0.29, 0.717) is 0 Å². The van der Waals surface area contributed by atoms with E-state index < -0.39 is 32.9 Å². The van der Waals surface area contributed by atoms with Crippen molar-refractivity contribution in [3.8, 4) is 0 Å². The molecule has 2 rings (SSSR count). The van der Waals surface area contributed by atoms with Gasteiger partial charge in [-0.2, -0.15) is 0 Å². The average molecular weight is 267 g/mol. The quantitative estimate of drug-likeness (QED) is 0.836. The van der Waals surface area contributed by atoms with Crippen LogP contribution in [0.2, 0.25) is 0 Å². The second-order valence-electron chi connectivity index (χ2n) is 3.69. The molecule has 1 N–H and O–H groups in total. The highest BCUT2D eigenvalue weighted by Gasteiger charge is 2.74. The highest BCUT2D eigenvalue weighted by Crippen LogP contribution is 2.65. The Kier molecular flexibility index (Phi) is 2.40. The maximum absolute atomic E-state index is 13.5. The number of carboxylic acids is 1. The number of carbonyl (C=O) groups is 1. The van der Waals surface area contributed by atoms with Crippen LogP contribution >= 0.6 is 23.2 Å². The molecule has 1 aromatic rings. The number of benzene rings is 1. The monoisotopic (exact) mass is 266 g/mol. The number of carboxylic acid groups (broad SMARTS) is 1. The molecule has 86 valence electrons. The molecule has 0 amide bonds. The molecule has 1 atom stereocenters. The fraction of sp³-hybridized carbons (Fsp3) is 0.300. The third-order valence-electron chi connectivity index (χ3n) is 2.74. The molecule has 1 fully saturated rings. The van der Waals surface area contributed by atoms with Crippen LogP contribution in [0.3, 0.4) is 0 Å². The zero-order valence-electron chi connectivity index (χ0n) is 7.81. The molecule has 0 bridgehead atoms. The lowest BCUT2D eigenvalue weighted by Gasteiger charge is -2.15. The lowest BCUT2D eigenvalue weighted by Crippen LogP contribution is -2.28. The van der Waals surface area contributed by atoms with E-state index in [4.69, 9.17) is 28.3 Å². The molecule has 6 heteroatoms. The molecule has 0 spiro atoms. The number of rotatable bonds is 2. The zero-order valence-corrected chi connectivity index (χ0v) is 9.32. The number of halogens is 4. The average Bonchev–Trinajstić information content (AvgIpc) is 2.70. The van der Waals surface area contributed by atoms with Gasteiger partial charge >= 0.3 is 5.97 Å². The third kappa shape index (κ3) is 1.33. The van der Waals surface area contributed by atoms with E-state index in [2.05, 4.69) is 0 Å². The lowest BCUT2D eigenvalue weighted by molar-refractivity contribution is -0.140. The van der Waals surface area contributed by atoms with E-state index in [0.717, 1.165) is 18.2 Å². The van der Waals surface area contributed by atoms with Crippen molar-refractivity contribution in [2.24, 2.45) is 0 Å². The summed E-state index contributed by atoms with van der Waals surface area (Å²) in [6, 6.07) is 3.10. The maximum atomic E-state index is 13.5. The Bertz CT molecular complexity index is 456. The van der Waals surface area contributed by atoms with Crippen LogP contribution in [0.5, 0.6) is 0 Å². The van der Waals surface area contributed by atoms with Gasteiger partial charge in [-0.15, -0.1) is 0 Å². The smallest absolute Gasteiger partial charge is 0.317 e. The highest BCUT2D eigenvalue weighted by molar-refractivity contribution is 6.54. The van der Waals surface area contributed by atoms with Gasteiger partial charge < -0.3 is 5.11 Å². The first kappa shape index (κ1) is 11.6.